The molecule has 0 aliphatic rings. The smallest absolute Gasteiger partial charge is 0.387 e. The largest absolute Gasteiger partial charge is 0.435 e. The third-order valence-electron chi connectivity index (χ3n) is 1.91. The second kappa shape index (κ2) is 4.91. The molecule has 0 aliphatic carbocycles. The van der Waals surface area contributed by atoms with Gasteiger partial charge in [-0.05, 0) is 24.6 Å². The van der Waals surface area contributed by atoms with E-state index in [2.05, 4.69) is 4.74 Å². The molecule has 78 valence electrons. The summed E-state index contributed by atoms with van der Waals surface area (Å²) in [6.45, 7) is -0.954. The van der Waals surface area contributed by atoms with Crippen LogP contribution in [0.1, 0.15) is 18.6 Å². The minimum atomic E-state index is -2.79. The van der Waals surface area contributed by atoms with Crippen LogP contribution in [0.3, 0.4) is 0 Å². The first-order chi connectivity index (χ1) is 6.63. The number of ether oxygens (including phenoxy) is 2. The summed E-state index contributed by atoms with van der Waals surface area (Å²) in [6.07, 6.45) is -0.128. The summed E-state index contributed by atoms with van der Waals surface area (Å²) in [5.41, 5.74) is 0.811. The molecule has 1 aromatic rings. The Kier molecular flexibility index (Phi) is 3.83. The summed E-state index contributed by atoms with van der Waals surface area (Å²) in [7, 11) is 1.56. The van der Waals surface area contributed by atoms with Crippen molar-refractivity contribution < 1.29 is 18.3 Å². The van der Waals surface area contributed by atoms with E-state index in [0.717, 1.165) is 5.56 Å². The van der Waals surface area contributed by atoms with Crippen molar-refractivity contribution in [2.45, 2.75) is 19.6 Å². The number of alkyl halides is 2. The molecule has 0 heterocycles. The van der Waals surface area contributed by atoms with Crippen molar-refractivity contribution in [3.8, 4) is 5.75 Å². The molecule has 0 saturated carbocycles. The third kappa shape index (κ3) is 2.96. The lowest BCUT2D eigenvalue weighted by Gasteiger charge is -2.11. The lowest BCUT2D eigenvalue weighted by Crippen LogP contribution is -2.03. The highest BCUT2D eigenvalue weighted by molar-refractivity contribution is 5.29. The van der Waals surface area contributed by atoms with E-state index < -0.39 is 6.61 Å². The van der Waals surface area contributed by atoms with E-state index in [1.165, 1.54) is 6.07 Å². The van der Waals surface area contributed by atoms with Gasteiger partial charge in [0.15, 0.2) is 0 Å². The maximum Gasteiger partial charge on any atom is 0.387 e. The highest BCUT2D eigenvalue weighted by Gasteiger charge is 2.07. The topological polar surface area (TPSA) is 18.5 Å². The summed E-state index contributed by atoms with van der Waals surface area (Å²) in [5, 5.41) is 0. The fourth-order valence-electron chi connectivity index (χ4n) is 1.08. The summed E-state index contributed by atoms with van der Waals surface area (Å²) in [4.78, 5) is 0. The Morgan fingerprint density at radius 1 is 1.29 bits per heavy atom. The van der Waals surface area contributed by atoms with E-state index in [0.29, 0.717) is 0 Å². The first-order valence-corrected chi connectivity index (χ1v) is 4.21. The van der Waals surface area contributed by atoms with E-state index in [-0.39, 0.29) is 11.9 Å². The summed E-state index contributed by atoms with van der Waals surface area (Å²) >= 11 is 0. The normalized spacial score (nSPS) is 12.9. The predicted molar refractivity (Wildman–Crippen MR) is 48.5 cm³/mol. The molecular formula is C10H12F2O2. The van der Waals surface area contributed by atoms with Crippen LogP contribution >= 0.6 is 0 Å². The molecule has 0 N–H and O–H groups in total. The molecule has 1 aromatic carbocycles. The maximum absolute atomic E-state index is 11.9. The SMILES string of the molecule is CO[C@H](C)c1cccc(OC(F)F)c1. The number of methoxy groups -OCH3 is 1. The molecule has 1 rings (SSSR count). The molecule has 0 radical (unpaired) electrons. The Morgan fingerprint density at radius 3 is 2.57 bits per heavy atom. The molecule has 0 bridgehead atoms. The van der Waals surface area contributed by atoms with Crippen molar-refractivity contribution in [3.63, 3.8) is 0 Å². The van der Waals surface area contributed by atoms with E-state index in [4.69, 9.17) is 4.74 Å². The van der Waals surface area contributed by atoms with Crippen LogP contribution in [0.4, 0.5) is 8.78 Å². The molecule has 2 nitrogen and oxygen atoms in total. The maximum atomic E-state index is 11.9. The van der Waals surface area contributed by atoms with Crippen LogP contribution in [0.5, 0.6) is 5.75 Å². The van der Waals surface area contributed by atoms with Crippen LogP contribution in [0.25, 0.3) is 0 Å². The van der Waals surface area contributed by atoms with Gasteiger partial charge in [-0.2, -0.15) is 8.78 Å². The second-order valence-corrected chi connectivity index (χ2v) is 2.83. The predicted octanol–water partition coefficient (Wildman–Crippen LogP) is 3.00. The molecule has 0 fully saturated rings. The lowest BCUT2D eigenvalue weighted by atomic mass is 10.1. The molecule has 0 unspecified atom stereocenters. The van der Waals surface area contributed by atoms with E-state index in [1.807, 2.05) is 6.92 Å². The summed E-state index contributed by atoms with van der Waals surface area (Å²) in [6, 6.07) is 6.48. The second-order valence-electron chi connectivity index (χ2n) is 2.83. The molecule has 0 saturated heterocycles. The van der Waals surface area contributed by atoms with Gasteiger partial charge in [0.2, 0.25) is 0 Å². The van der Waals surface area contributed by atoms with Gasteiger partial charge in [0, 0.05) is 7.11 Å². The molecule has 0 aromatic heterocycles. The Bertz CT molecular complexity index is 289. The molecule has 0 spiro atoms. The van der Waals surface area contributed by atoms with Crippen molar-refractivity contribution in [3.05, 3.63) is 29.8 Å². The first kappa shape index (κ1) is 10.9. The van der Waals surface area contributed by atoms with Crippen molar-refractivity contribution >= 4 is 0 Å². The van der Waals surface area contributed by atoms with Crippen LogP contribution in [0.2, 0.25) is 0 Å². The van der Waals surface area contributed by atoms with Gasteiger partial charge in [-0.3, -0.25) is 0 Å². The van der Waals surface area contributed by atoms with Crippen LogP contribution in [0.15, 0.2) is 24.3 Å². The lowest BCUT2D eigenvalue weighted by molar-refractivity contribution is -0.0500. The summed E-state index contributed by atoms with van der Waals surface area (Å²) < 4.78 is 33.1. The van der Waals surface area contributed by atoms with Crippen molar-refractivity contribution in [2.75, 3.05) is 7.11 Å². The highest BCUT2D eigenvalue weighted by Crippen LogP contribution is 2.22. The number of rotatable bonds is 4. The van der Waals surface area contributed by atoms with Crippen LogP contribution in [-0.4, -0.2) is 13.7 Å². The van der Waals surface area contributed by atoms with Gasteiger partial charge in [0.25, 0.3) is 0 Å². The molecule has 0 amide bonds. The van der Waals surface area contributed by atoms with Gasteiger partial charge in [-0.15, -0.1) is 0 Å². The van der Waals surface area contributed by atoms with Crippen molar-refractivity contribution in [1.82, 2.24) is 0 Å². The first-order valence-electron chi connectivity index (χ1n) is 4.21. The Balaban J connectivity index is 2.78. The number of hydrogen-bond donors (Lipinski definition) is 0. The molecule has 1 atom stereocenters. The standard InChI is InChI=1S/C10H12F2O2/c1-7(13-2)8-4-3-5-9(6-8)14-10(11)12/h3-7,10H,1-2H3/t7-/m1/s1. The minimum Gasteiger partial charge on any atom is -0.435 e. The van der Waals surface area contributed by atoms with Gasteiger partial charge in [-0.1, -0.05) is 12.1 Å². The van der Waals surface area contributed by atoms with E-state index in [9.17, 15) is 8.78 Å². The van der Waals surface area contributed by atoms with Crippen molar-refractivity contribution in [2.24, 2.45) is 0 Å². The van der Waals surface area contributed by atoms with Crippen LogP contribution in [0, 0.1) is 0 Å². The quantitative estimate of drug-likeness (QED) is 0.747. The van der Waals surface area contributed by atoms with Gasteiger partial charge in [-0.25, -0.2) is 0 Å². The van der Waals surface area contributed by atoms with Gasteiger partial charge in [0.1, 0.15) is 5.75 Å². The molecule has 4 heteroatoms. The van der Waals surface area contributed by atoms with Crippen LogP contribution in [-0.2, 0) is 4.74 Å². The average Bonchev–Trinajstić information content (AvgIpc) is 2.16. The van der Waals surface area contributed by atoms with E-state index in [1.54, 1.807) is 25.3 Å². The third-order valence-corrected chi connectivity index (χ3v) is 1.91. The van der Waals surface area contributed by atoms with E-state index >= 15 is 0 Å². The highest BCUT2D eigenvalue weighted by atomic mass is 19.3. The Hall–Kier alpha value is -1.16. The monoisotopic (exact) mass is 202 g/mol. The number of halogens is 2. The van der Waals surface area contributed by atoms with Crippen molar-refractivity contribution in [1.29, 1.82) is 0 Å². The fourth-order valence-corrected chi connectivity index (χ4v) is 1.08. The Labute approximate surface area is 81.4 Å². The molecule has 0 aliphatic heterocycles. The average molecular weight is 202 g/mol. The minimum absolute atomic E-state index is 0.128. The zero-order chi connectivity index (χ0) is 10.6. The number of hydrogen-bond acceptors (Lipinski definition) is 2. The van der Waals surface area contributed by atoms with Crippen LogP contribution < -0.4 is 4.74 Å². The molecule has 14 heavy (non-hydrogen) atoms. The zero-order valence-corrected chi connectivity index (χ0v) is 8.04. The molecular weight excluding hydrogens is 190 g/mol. The summed E-state index contributed by atoms with van der Waals surface area (Å²) in [5.74, 6) is 0.154. The fraction of sp³-hybridized carbons (Fsp3) is 0.400. The number of benzene rings is 1. The zero-order valence-electron chi connectivity index (χ0n) is 8.04. The van der Waals surface area contributed by atoms with Gasteiger partial charge < -0.3 is 9.47 Å². The van der Waals surface area contributed by atoms with Gasteiger partial charge in [0.05, 0.1) is 6.10 Å². The van der Waals surface area contributed by atoms with Gasteiger partial charge >= 0.3 is 6.61 Å². The Morgan fingerprint density at radius 2 is 2.00 bits per heavy atom.